The molecule has 0 aromatic carbocycles. The van der Waals surface area contributed by atoms with E-state index in [-0.39, 0.29) is 31.1 Å². The fourth-order valence-corrected chi connectivity index (χ4v) is 4.84. The van der Waals surface area contributed by atoms with Gasteiger partial charge < -0.3 is 4.90 Å². The van der Waals surface area contributed by atoms with Crippen molar-refractivity contribution in [2.24, 2.45) is 0 Å². The molecule has 7 heteroatoms. The van der Waals surface area contributed by atoms with Crippen LogP contribution >= 0.6 is 0 Å². The number of imide groups is 2. The zero-order chi connectivity index (χ0) is 20.1. The normalized spacial score (nSPS) is 22.2. The first-order valence-electron chi connectivity index (χ1n) is 11.0. The maximum atomic E-state index is 13.3. The molecule has 3 aliphatic rings. The van der Waals surface area contributed by atoms with Crippen molar-refractivity contribution in [2.45, 2.75) is 96.1 Å². The number of amides is 5. The number of hydrogen-bond donors (Lipinski definition) is 0. The Hall–Kier alpha value is -1.92. The first-order chi connectivity index (χ1) is 13.5. The molecule has 0 atom stereocenters. The van der Waals surface area contributed by atoms with Gasteiger partial charge in [0.15, 0.2) is 0 Å². The molecule has 0 unspecified atom stereocenters. The van der Waals surface area contributed by atoms with Gasteiger partial charge in [-0.05, 0) is 32.1 Å². The number of urea groups is 1. The summed E-state index contributed by atoms with van der Waals surface area (Å²) in [5.74, 6) is -1.83. The Morgan fingerprint density at radius 1 is 0.857 bits per heavy atom. The van der Waals surface area contributed by atoms with Gasteiger partial charge in [0.25, 0.3) is 0 Å². The molecule has 3 rings (SSSR count). The molecule has 28 heavy (non-hydrogen) atoms. The van der Waals surface area contributed by atoms with Crippen LogP contribution in [0.2, 0.25) is 0 Å². The summed E-state index contributed by atoms with van der Waals surface area (Å²) in [5, 5.41) is 0. The standard InChI is InChI=1S/C21H33N3O4/c1-2-3-14-22-19(26)20(27)23(21(22)28)15-18(25)24(16-10-6-4-7-11-16)17-12-8-5-9-13-17/h16-17H,2-15H2,1H3. The van der Waals surface area contributed by atoms with Gasteiger partial charge in [-0.15, -0.1) is 0 Å². The van der Waals surface area contributed by atoms with Crippen molar-refractivity contribution in [3.8, 4) is 0 Å². The Morgan fingerprint density at radius 2 is 1.36 bits per heavy atom. The van der Waals surface area contributed by atoms with Crippen LogP contribution in [0.4, 0.5) is 4.79 Å². The molecule has 156 valence electrons. The molecule has 1 heterocycles. The van der Waals surface area contributed by atoms with Gasteiger partial charge in [-0.1, -0.05) is 51.9 Å². The maximum absolute atomic E-state index is 13.3. The van der Waals surface area contributed by atoms with Gasteiger partial charge in [0, 0.05) is 18.6 Å². The smallest absolute Gasteiger partial charge is 0.334 e. The average Bonchev–Trinajstić information content (AvgIpc) is 2.91. The summed E-state index contributed by atoms with van der Waals surface area (Å²) < 4.78 is 0. The maximum Gasteiger partial charge on any atom is 0.334 e. The zero-order valence-corrected chi connectivity index (χ0v) is 17.0. The highest BCUT2D eigenvalue weighted by molar-refractivity contribution is 6.45. The highest BCUT2D eigenvalue weighted by Gasteiger charge is 2.46. The van der Waals surface area contributed by atoms with Gasteiger partial charge in [0.2, 0.25) is 5.91 Å². The van der Waals surface area contributed by atoms with Crippen LogP contribution in [0.3, 0.4) is 0 Å². The summed E-state index contributed by atoms with van der Waals surface area (Å²) in [7, 11) is 0. The minimum absolute atomic E-state index is 0.175. The van der Waals surface area contributed by atoms with Crippen molar-refractivity contribution in [1.82, 2.24) is 14.7 Å². The number of carbonyl (C=O) groups excluding carboxylic acids is 4. The van der Waals surface area contributed by atoms with Crippen LogP contribution in [-0.4, -0.2) is 63.6 Å². The molecule has 3 fully saturated rings. The molecule has 7 nitrogen and oxygen atoms in total. The van der Waals surface area contributed by atoms with Crippen molar-refractivity contribution < 1.29 is 19.2 Å². The number of unbranched alkanes of at least 4 members (excludes halogenated alkanes) is 1. The molecule has 0 aromatic heterocycles. The summed E-state index contributed by atoms with van der Waals surface area (Å²) in [4.78, 5) is 54.2. The number of nitrogens with zero attached hydrogens (tertiary/aromatic N) is 3. The number of hydrogen-bond acceptors (Lipinski definition) is 4. The van der Waals surface area contributed by atoms with Crippen LogP contribution in [0.1, 0.15) is 84.0 Å². The van der Waals surface area contributed by atoms with E-state index in [1.807, 2.05) is 11.8 Å². The largest absolute Gasteiger partial charge is 0.335 e. The second-order valence-electron chi connectivity index (χ2n) is 8.37. The molecule has 5 amide bonds. The monoisotopic (exact) mass is 391 g/mol. The van der Waals surface area contributed by atoms with Gasteiger partial charge in [-0.3, -0.25) is 19.3 Å². The first-order valence-corrected chi connectivity index (χ1v) is 11.0. The lowest BCUT2D eigenvalue weighted by atomic mass is 9.88. The lowest BCUT2D eigenvalue weighted by Gasteiger charge is -2.42. The third-order valence-corrected chi connectivity index (χ3v) is 6.39. The Labute approximate surface area is 167 Å². The first kappa shape index (κ1) is 20.8. The van der Waals surface area contributed by atoms with Crippen LogP contribution < -0.4 is 0 Å². The third-order valence-electron chi connectivity index (χ3n) is 6.39. The van der Waals surface area contributed by atoms with Gasteiger partial charge in [-0.25, -0.2) is 9.69 Å². The molecule has 1 aliphatic heterocycles. The summed E-state index contributed by atoms with van der Waals surface area (Å²) in [6.07, 6.45) is 12.3. The van der Waals surface area contributed by atoms with E-state index in [1.165, 1.54) is 12.8 Å². The molecule has 0 bridgehead atoms. The second kappa shape index (κ2) is 9.52. The quantitative estimate of drug-likeness (QED) is 0.494. The number of rotatable bonds is 7. The van der Waals surface area contributed by atoms with Crippen molar-refractivity contribution in [2.75, 3.05) is 13.1 Å². The predicted molar refractivity (Wildman–Crippen MR) is 104 cm³/mol. The average molecular weight is 392 g/mol. The van der Waals surface area contributed by atoms with E-state index in [9.17, 15) is 19.2 Å². The van der Waals surface area contributed by atoms with Gasteiger partial charge in [0.1, 0.15) is 6.54 Å². The molecule has 0 spiro atoms. The van der Waals surface area contributed by atoms with E-state index >= 15 is 0 Å². The van der Waals surface area contributed by atoms with E-state index in [2.05, 4.69) is 0 Å². The Balaban J connectivity index is 1.72. The lowest BCUT2D eigenvalue weighted by Crippen LogP contribution is -2.52. The fourth-order valence-electron chi connectivity index (χ4n) is 4.84. The molecule has 2 saturated carbocycles. The third kappa shape index (κ3) is 4.39. The minimum atomic E-state index is -0.860. The van der Waals surface area contributed by atoms with Gasteiger partial charge in [-0.2, -0.15) is 0 Å². The summed E-state index contributed by atoms with van der Waals surface area (Å²) in [5.41, 5.74) is 0. The Morgan fingerprint density at radius 3 is 1.86 bits per heavy atom. The van der Waals surface area contributed by atoms with Crippen LogP contribution in [-0.2, 0) is 14.4 Å². The Bertz CT molecular complexity index is 591. The van der Waals surface area contributed by atoms with Crippen molar-refractivity contribution in [3.05, 3.63) is 0 Å². The zero-order valence-electron chi connectivity index (χ0n) is 17.0. The lowest BCUT2D eigenvalue weighted by molar-refractivity contribution is -0.146. The second-order valence-corrected chi connectivity index (χ2v) is 8.37. The summed E-state index contributed by atoms with van der Waals surface area (Å²) in [6.45, 7) is 1.89. The molecule has 0 aromatic rings. The fraction of sp³-hybridized carbons (Fsp3) is 0.810. The van der Waals surface area contributed by atoms with E-state index in [0.717, 1.165) is 67.6 Å². The summed E-state index contributed by atoms with van der Waals surface area (Å²) >= 11 is 0. The van der Waals surface area contributed by atoms with E-state index < -0.39 is 17.8 Å². The van der Waals surface area contributed by atoms with E-state index in [1.54, 1.807) is 0 Å². The molecule has 0 radical (unpaired) electrons. The van der Waals surface area contributed by atoms with Crippen LogP contribution in [0.5, 0.6) is 0 Å². The minimum Gasteiger partial charge on any atom is -0.335 e. The molecule has 2 aliphatic carbocycles. The van der Waals surface area contributed by atoms with Crippen LogP contribution in [0.15, 0.2) is 0 Å². The van der Waals surface area contributed by atoms with E-state index in [4.69, 9.17) is 0 Å². The van der Waals surface area contributed by atoms with E-state index in [0.29, 0.717) is 6.42 Å². The molecular weight excluding hydrogens is 358 g/mol. The SMILES string of the molecule is CCCCN1C(=O)C(=O)N(CC(=O)N(C2CCCCC2)C2CCCCC2)C1=O. The van der Waals surface area contributed by atoms with Crippen LogP contribution in [0.25, 0.3) is 0 Å². The highest BCUT2D eigenvalue weighted by Crippen LogP contribution is 2.30. The molecular formula is C21H33N3O4. The van der Waals surface area contributed by atoms with Crippen molar-refractivity contribution in [1.29, 1.82) is 0 Å². The predicted octanol–water partition coefficient (Wildman–Crippen LogP) is 3.07. The molecule has 0 N–H and O–H groups in total. The summed E-state index contributed by atoms with van der Waals surface area (Å²) in [6, 6.07) is -0.239. The van der Waals surface area contributed by atoms with Crippen molar-refractivity contribution >= 4 is 23.8 Å². The topological polar surface area (TPSA) is 78.0 Å². The number of carbonyl (C=O) groups is 4. The van der Waals surface area contributed by atoms with Crippen LogP contribution in [0, 0.1) is 0 Å². The Kier molecular flexibility index (Phi) is 7.08. The van der Waals surface area contributed by atoms with Gasteiger partial charge >= 0.3 is 17.8 Å². The van der Waals surface area contributed by atoms with Crippen molar-refractivity contribution in [3.63, 3.8) is 0 Å². The van der Waals surface area contributed by atoms with Gasteiger partial charge in [0.05, 0.1) is 0 Å². The highest BCUT2D eigenvalue weighted by atomic mass is 16.2. The molecule has 1 saturated heterocycles.